The zero-order chi connectivity index (χ0) is 11.4. The zero-order valence-corrected chi connectivity index (χ0v) is 9.34. The summed E-state index contributed by atoms with van der Waals surface area (Å²) in [5, 5.41) is 9.10. The molecule has 0 saturated carbocycles. The topological polar surface area (TPSA) is 58.4 Å². The van der Waals surface area contributed by atoms with Crippen LogP contribution in [0.15, 0.2) is 12.5 Å². The van der Waals surface area contributed by atoms with E-state index in [1.807, 2.05) is 7.05 Å². The van der Waals surface area contributed by atoms with E-state index in [-0.39, 0.29) is 12.0 Å². The molecule has 15 heavy (non-hydrogen) atoms. The monoisotopic (exact) mass is 211 g/mol. The molecule has 1 rings (SSSR count). The molecule has 0 aliphatic rings. The Morgan fingerprint density at radius 2 is 2.40 bits per heavy atom. The highest BCUT2D eigenvalue weighted by Crippen LogP contribution is 2.01. The van der Waals surface area contributed by atoms with E-state index < -0.39 is 0 Å². The van der Waals surface area contributed by atoms with Gasteiger partial charge in [0.05, 0.1) is 12.4 Å². The fourth-order valence-corrected chi connectivity index (χ4v) is 1.20. The van der Waals surface area contributed by atoms with E-state index in [4.69, 9.17) is 5.11 Å². The first kappa shape index (κ1) is 11.7. The Morgan fingerprint density at radius 1 is 1.73 bits per heavy atom. The van der Waals surface area contributed by atoms with Gasteiger partial charge in [0.2, 0.25) is 0 Å². The first-order chi connectivity index (χ1) is 7.00. The highest BCUT2D eigenvalue weighted by Gasteiger charge is 2.14. The van der Waals surface area contributed by atoms with Crippen molar-refractivity contribution < 1.29 is 9.90 Å². The molecule has 0 fully saturated rings. The van der Waals surface area contributed by atoms with Crippen LogP contribution in [0.25, 0.3) is 0 Å². The summed E-state index contributed by atoms with van der Waals surface area (Å²) in [5.41, 5.74) is 0.436. The smallest absolute Gasteiger partial charge is 0.273 e. The lowest BCUT2D eigenvalue weighted by Gasteiger charge is -2.16. The standard InChI is InChI=1S/C10H17N3O2/c1-8(14)4-5-13(3)10(15)9-6-12(2)7-11-9/h6-8,14H,4-5H2,1-3H3. The molecule has 1 heterocycles. The SMILES string of the molecule is CC(O)CCN(C)C(=O)c1cn(C)cn1. The molecule has 0 saturated heterocycles. The van der Waals surface area contributed by atoms with Gasteiger partial charge in [-0.1, -0.05) is 0 Å². The van der Waals surface area contributed by atoms with E-state index in [0.717, 1.165) is 0 Å². The Morgan fingerprint density at radius 3 is 2.87 bits per heavy atom. The number of amides is 1. The number of rotatable bonds is 4. The van der Waals surface area contributed by atoms with Crippen molar-refractivity contribution in [3.8, 4) is 0 Å². The molecule has 1 N–H and O–H groups in total. The van der Waals surface area contributed by atoms with Crippen molar-refractivity contribution in [1.29, 1.82) is 0 Å². The largest absolute Gasteiger partial charge is 0.393 e. The molecule has 5 nitrogen and oxygen atoms in total. The van der Waals surface area contributed by atoms with Crippen molar-refractivity contribution in [2.45, 2.75) is 19.4 Å². The minimum atomic E-state index is -0.385. The van der Waals surface area contributed by atoms with Gasteiger partial charge in [-0.3, -0.25) is 4.79 Å². The predicted octanol–water partition coefficient (Wildman–Crippen LogP) is 0.263. The molecule has 1 atom stereocenters. The van der Waals surface area contributed by atoms with Crippen LogP contribution in [-0.4, -0.2) is 45.2 Å². The number of hydrogen-bond acceptors (Lipinski definition) is 3. The summed E-state index contributed by atoms with van der Waals surface area (Å²) in [7, 11) is 3.53. The van der Waals surface area contributed by atoms with Gasteiger partial charge < -0.3 is 14.6 Å². The van der Waals surface area contributed by atoms with Gasteiger partial charge in [-0.25, -0.2) is 4.98 Å². The summed E-state index contributed by atoms with van der Waals surface area (Å²) in [6.07, 6.45) is 3.47. The molecular weight excluding hydrogens is 194 g/mol. The molecule has 0 radical (unpaired) electrons. The quantitative estimate of drug-likeness (QED) is 0.777. The third-order valence-electron chi connectivity index (χ3n) is 2.15. The molecule has 0 spiro atoms. The van der Waals surface area contributed by atoms with Crippen LogP contribution in [0, 0.1) is 0 Å². The summed E-state index contributed by atoms with van der Waals surface area (Å²) in [5.74, 6) is -0.115. The van der Waals surface area contributed by atoms with Crippen molar-refractivity contribution in [2.24, 2.45) is 7.05 Å². The Labute approximate surface area is 89.3 Å². The number of aliphatic hydroxyl groups is 1. The van der Waals surface area contributed by atoms with E-state index in [1.54, 1.807) is 36.0 Å². The number of aromatic nitrogens is 2. The van der Waals surface area contributed by atoms with Crippen molar-refractivity contribution in [3.63, 3.8) is 0 Å². The van der Waals surface area contributed by atoms with E-state index in [0.29, 0.717) is 18.7 Å². The fourth-order valence-electron chi connectivity index (χ4n) is 1.20. The number of imidazole rings is 1. The van der Waals surface area contributed by atoms with E-state index in [2.05, 4.69) is 4.98 Å². The molecule has 0 bridgehead atoms. The molecule has 0 aliphatic carbocycles. The average Bonchev–Trinajstić information content (AvgIpc) is 2.60. The number of carbonyl (C=O) groups excluding carboxylic acids is 1. The van der Waals surface area contributed by atoms with Crippen LogP contribution >= 0.6 is 0 Å². The number of nitrogens with zero attached hydrogens (tertiary/aromatic N) is 3. The molecule has 1 aromatic rings. The van der Waals surface area contributed by atoms with Gasteiger partial charge in [0.15, 0.2) is 0 Å². The van der Waals surface area contributed by atoms with Crippen LogP contribution in [0.3, 0.4) is 0 Å². The first-order valence-electron chi connectivity index (χ1n) is 4.92. The Hall–Kier alpha value is -1.36. The lowest BCUT2D eigenvalue weighted by molar-refractivity contribution is 0.0763. The second-order valence-corrected chi connectivity index (χ2v) is 3.79. The molecular formula is C10H17N3O2. The Balaban J connectivity index is 2.53. The van der Waals surface area contributed by atoms with Crippen molar-refractivity contribution in [1.82, 2.24) is 14.5 Å². The van der Waals surface area contributed by atoms with E-state index >= 15 is 0 Å². The number of carbonyl (C=O) groups is 1. The van der Waals surface area contributed by atoms with Gasteiger partial charge in [-0.15, -0.1) is 0 Å². The molecule has 84 valence electrons. The van der Waals surface area contributed by atoms with Crippen LogP contribution in [0.4, 0.5) is 0 Å². The maximum Gasteiger partial charge on any atom is 0.273 e. The average molecular weight is 211 g/mol. The third-order valence-corrected chi connectivity index (χ3v) is 2.15. The summed E-state index contributed by atoms with van der Waals surface area (Å²) in [6.45, 7) is 2.24. The minimum Gasteiger partial charge on any atom is -0.393 e. The van der Waals surface area contributed by atoms with Crippen molar-refractivity contribution >= 4 is 5.91 Å². The minimum absolute atomic E-state index is 0.115. The number of hydrogen-bond donors (Lipinski definition) is 1. The van der Waals surface area contributed by atoms with E-state index in [1.165, 1.54) is 0 Å². The molecule has 1 amide bonds. The van der Waals surface area contributed by atoms with Gasteiger partial charge in [-0.2, -0.15) is 0 Å². The predicted molar refractivity (Wildman–Crippen MR) is 56.5 cm³/mol. The second-order valence-electron chi connectivity index (χ2n) is 3.79. The van der Waals surface area contributed by atoms with Crippen molar-refractivity contribution in [3.05, 3.63) is 18.2 Å². The number of aliphatic hydroxyl groups excluding tert-OH is 1. The van der Waals surface area contributed by atoms with E-state index in [9.17, 15) is 4.79 Å². The van der Waals surface area contributed by atoms with Crippen LogP contribution in [-0.2, 0) is 7.05 Å². The van der Waals surface area contributed by atoms with Crippen LogP contribution in [0.2, 0.25) is 0 Å². The summed E-state index contributed by atoms with van der Waals surface area (Å²) in [4.78, 5) is 17.3. The van der Waals surface area contributed by atoms with Gasteiger partial charge in [-0.05, 0) is 13.3 Å². The van der Waals surface area contributed by atoms with Crippen LogP contribution in [0.5, 0.6) is 0 Å². The lowest BCUT2D eigenvalue weighted by atomic mass is 10.2. The van der Waals surface area contributed by atoms with Gasteiger partial charge in [0, 0.05) is 26.8 Å². The summed E-state index contributed by atoms with van der Waals surface area (Å²) >= 11 is 0. The fraction of sp³-hybridized carbons (Fsp3) is 0.600. The highest BCUT2D eigenvalue weighted by atomic mass is 16.3. The Kier molecular flexibility index (Phi) is 3.85. The third kappa shape index (κ3) is 3.36. The second kappa shape index (κ2) is 4.93. The van der Waals surface area contributed by atoms with Gasteiger partial charge >= 0.3 is 0 Å². The first-order valence-corrected chi connectivity index (χ1v) is 4.92. The number of aryl methyl sites for hydroxylation is 1. The zero-order valence-electron chi connectivity index (χ0n) is 9.34. The molecule has 1 unspecified atom stereocenters. The molecule has 0 aromatic carbocycles. The van der Waals surface area contributed by atoms with Crippen LogP contribution < -0.4 is 0 Å². The van der Waals surface area contributed by atoms with Crippen LogP contribution in [0.1, 0.15) is 23.8 Å². The van der Waals surface area contributed by atoms with Crippen molar-refractivity contribution in [2.75, 3.05) is 13.6 Å². The Bertz CT molecular complexity index is 333. The highest BCUT2D eigenvalue weighted by molar-refractivity contribution is 5.91. The van der Waals surface area contributed by atoms with Gasteiger partial charge in [0.1, 0.15) is 5.69 Å². The lowest BCUT2D eigenvalue weighted by Crippen LogP contribution is -2.29. The van der Waals surface area contributed by atoms with Gasteiger partial charge in [0.25, 0.3) is 5.91 Å². The maximum absolute atomic E-state index is 11.7. The summed E-state index contributed by atoms with van der Waals surface area (Å²) < 4.78 is 1.73. The maximum atomic E-state index is 11.7. The molecule has 5 heteroatoms. The molecule has 1 aromatic heterocycles. The molecule has 0 aliphatic heterocycles. The summed E-state index contributed by atoms with van der Waals surface area (Å²) in [6, 6.07) is 0. The normalized spacial score (nSPS) is 12.5.